The highest BCUT2D eigenvalue weighted by Crippen LogP contribution is 2.30. The molecule has 0 spiro atoms. The monoisotopic (exact) mass is 247 g/mol. The highest BCUT2D eigenvalue weighted by molar-refractivity contribution is 7.74. The first-order chi connectivity index (χ1) is 7.41. The molecule has 0 radical (unpaired) electrons. The van der Waals surface area contributed by atoms with Gasteiger partial charge in [-0.15, -0.1) is 0 Å². The van der Waals surface area contributed by atoms with Crippen molar-refractivity contribution in [2.24, 2.45) is 0 Å². The molecule has 0 heterocycles. The van der Waals surface area contributed by atoms with Crippen molar-refractivity contribution in [3.63, 3.8) is 0 Å². The smallest absolute Gasteiger partial charge is 0.349 e. The molecule has 1 aromatic rings. The zero-order valence-electron chi connectivity index (χ0n) is 7.39. The van der Waals surface area contributed by atoms with E-state index in [-0.39, 0.29) is 5.75 Å². The number of benzene rings is 1. The van der Waals surface area contributed by atoms with Crippen molar-refractivity contribution in [1.82, 2.24) is 0 Å². The second-order valence-corrected chi connectivity index (χ2v) is 3.03. The van der Waals surface area contributed by atoms with E-state index < -0.39 is 32.6 Å². The topological polar surface area (TPSA) is 136 Å². The molecule has 1 atom stereocenters. The minimum Gasteiger partial charge on any atom is -0.740 e. The third kappa shape index (κ3) is 2.71. The molecule has 0 aliphatic carbocycles. The summed E-state index contributed by atoms with van der Waals surface area (Å²) in [7, 11) is 0. The Balaban J connectivity index is 3.22. The van der Waals surface area contributed by atoms with E-state index in [0.29, 0.717) is 6.07 Å². The highest BCUT2D eigenvalue weighted by atomic mass is 32.2. The highest BCUT2D eigenvalue weighted by Gasteiger charge is 2.24. The number of nitro benzene ring substituents is 2. The van der Waals surface area contributed by atoms with Gasteiger partial charge in [0.1, 0.15) is 17.1 Å². The Morgan fingerprint density at radius 1 is 1.12 bits per heavy atom. The molecule has 0 saturated heterocycles. The van der Waals surface area contributed by atoms with Crippen LogP contribution in [0.3, 0.4) is 0 Å². The van der Waals surface area contributed by atoms with Gasteiger partial charge in [0.2, 0.25) is 0 Å². The van der Waals surface area contributed by atoms with Gasteiger partial charge in [0.15, 0.2) is 0 Å². The van der Waals surface area contributed by atoms with E-state index in [2.05, 4.69) is 4.18 Å². The van der Waals surface area contributed by atoms with Crippen molar-refractivity contribution in [1.29, 1.82) is 0 Å². The molecule has 10 heteroatoms. The molecule has 16 heavy (non-hydrogen) atoms. The van der Waals surface area contributed by atoms with E-state index in [1.54, 1.807) is 0 Å². The van der Waals surface area contributed by atoms with Gasteiger partial charge >= 0.3 is 11.4 Å². The van der Waals surface area contributed by atoms with Gasteiger partial charge in [0.25, 0.3) is 0 Å². The van der Waals surface area contributed by atoms with Crippen LogP contribution in [0.1, 0.15) is 0 Å². The molecule has 1 aromatic carbocycles. The average Bonchev–Trinajstić information content (AvgIpc) is 2.16. The predicted octanol–water partition coefficient (Wildman–Crippen LogP) is 0.676. The van der Waals surface area contributed by atoms with Crippen molar-refractivity contribution >= 4 is 22.7 Å². The molecule has 0 aromatic heterocycles. The third-order valence-electron chi connectivity index (χ3n) is 1.50. The summed E-state index contributed by atoms with van der Waals surface area (Å²) in [6.07, 6.45) is 0. The van der Waals surface area contributed by atoms with Crippen molar-refractivity contribution in [2.45, 2.75) is 0 Å². The SMILES string of the molecule is O=[N+]([O-])c1ccc(OS(=O)[O-])cc1[N+](=O)[O-]. The number of hydrogen-bond acceptors (Lipinski definition) is 7. The van der Waals surface area contributed by atoms with Gasteiger partial charge in [0, 0.05) is 6.07 Å². The Bertz CT molecular complexity index is 474. The van der Waals surface area contributed by atoms with Crippen LogP contribution in [0.2, 0.25) is 0 Å². The van der Waals surface area contributed by atoms with E-state index in [0.717, 1.165) is 12.1 Å². The third-order valence-corrected chi connectivity index (χ3v) is 1.83. The summed E-state index contributed by atoms with van der Waals surface area (Å²) in [4.78, 5) is 18.9. The fraction of sp³-hybridized carbons (Fsp3) is 0. The molecule has 1 unspecified atom stereocenters. The van der Waals surface area contributed by atoms with E-state index in [1.807, 2.05) is 0 Å². The zero-order valence-corrected chi connectivity index (χ0v) is 8.21. The lowest BCUT2D eigenvalue weighted by Crippen LogP contribution is -2.00. The van der Waals surface area contributed by atoms with Crippen LogP contribution in [0.5, 0.6) is 5.75 Å². The van der Waals surface area contributed by atoms with E-state index in [9.17, 15) is 29.0 Å². The lowest BCUT2D eigenvalue weighted by atomic mass is 10.2. The van der Waals surface area contributed by atoms with Crippen LogP contribution in [-0.2, 0) is 11.4 Å². The second-order valence-electron chi connectivity index (χ2n) is 2.45. The standard InChI is InChI=1S/C6H4N2O7S/c9-7(10)5-2-1-4(15-16(13)14)3-6(5)8(11)12/h1-3H,(H,13,14)/p-1. The van der Waals surface area contributed by atoms with Gasteiger partial charge in [-0.1, -0.05) is 0 Å². The minimum atomic E-state index is -2.90. The molecule has 0 amide bonds. The van der Waals surface area contributed by atoms with Gasteiger partial charge in [-0.25, -0.2) is 4.21 Å². The van der Waals surface area contributed by atoms with Crippen LogP contribution in [-0.4, -0.2) is 18.6 Å². The van der Waals surface area contributed by atoms with Gasteiger partial charge in [0.05, 0.1) is 15.9 Å². The quantitative estimate of drug-likeness (QED) is 0.433. The van der Waals surface area contributed by atoms with E-state index in [4.69, 9.17) is 0 Å². The zero-order chi connectivity index (χ0) is 12.3. The Morgan fingerprint density at radius 2 is 1.69 bits per heavy atom. The van der Waals surface area contributed by atoms with Gasteiger partial charge < -0.3 is 8.74 Å². The fourth-order valence-corrected chi connectivity index (χ4v) is 1.20. The first-order valence-electron chi connectivity index (χ1n) is 3.62. The van der Waals surface area contributed by atoms with Crippen molar-refractivity contribution in [3.05, 3.63) is 38.4 Å². The maximum absolute atomic E-state index is 10.5. The number of hydrogen-bond donors (Lipinski definition) is 0. The summed E-state index contributed by atoms with van der Waals surface area (Å²) in [6.45, 7) is 0. The first kappa shape index (κ1) is 12.0. The number of nitrogens with zero attached hydrogens (tertiary/aromatic N) is 2. The molecule has 0 aliphatic heterocycles. The molecule has 0 fully saturated rings. The number of nitro groups is 2. The Hall–Kier alpha value is -2.07. The number of rotatable bonds is 4. The molecule has 86 valence electrons. The van der Waals surface area contributed by atoms with Crippen LogP contribution in [0.4, 0.5) is 11.4 Å². The van der Waals surface area contributed by atoms with Crippen molar-refractivity contribution in [3.8, 4) is 5.75 Å². The summed E-state index contributed by atoms with van der Waals surface area (Å²) in [5.74, 6) is -0.370. The lowest BCUT2D eigenvalue weighted by molar-refractivity contribution is -0.422. The van der Waals surface area contributed by atoms with Gasteiger partial charge in [-0.05, 0) is 6.07 Å². The molecule has 0 N–H and O–H groups in total. The van der Waals surface area contributed by atoms with E-state index >= 15 is 0 Å². The molecule has 1 rings (SSSR count). The molecular formula is C6H3N2O7S-. The van der Waals surface area contributed by atoms with E-state index in [1.165, 1.54) is 0 Å². The lowest BCUT2D eigenvalue weighted by Gasteiger charge is -2.06. The van der Waals surface area contributed by atoms with Crippen LogP contribution < -0.4 is 4.18 Å². The maximum atomic E-state index is 10.5. The largest absolute Gasteiger partial charge is 0.740 e. The summed E-state index contributed by atoms with van der Waals surface area (Å²) < 4.78 is 24.4. The summed E-state index contributed by atoms with van der Waals surface area (Å²) in [5, 5.41) is 20.9. The van der Waals surface area contributed by atoms with Crippen molar-refractivity contribution < 1.29 is 22.8 Å². The fourth-order valence-electron chi connectivity index (χ4n) is 0.934. The second kappa shape index (κ2) is 4.63. The first-order valence-corrected chi connectivity index (χ1v) is 4.62. The van der Waals surface area contributed by atoms with Crippen molar-refractivity contribution in [2.75, 3.05) is 0 Å². The van der Waals surface area contributed by atoms with Crippen LogP contribution in [0, 0.1) is 20.2 Å². The Morgan fingerprint density at radius 3 is 2.12 bits per heavy atom. The molecule has 9 nitrogen and oxygen atoms in total. The Labute approximate surface area is 90.4 Å². The molecule has 0 bridgehead atoms. The van der Waals surface area contributed by atoms with Crippen LogP contribution in [0.25, 0.3) is 0 Å². The molecule has 0 saturated carbocycles. The Kier molecular flexibility index (Phi) is 3.48. The summed E-state index contributed by atoms with van der Waals surface area (Å²) >= 11 is -2.90. The maximum Gasteiger partial charge on any atom is 0.349 e. The summed E-state index contributed by atoms with van der Waals surface area (Å²) in [6, 6.07) is 2.40. The van der Waals surface area contributed by atoms with Gasteiger partial charge in [-0.2, -0.15) is 0 Å². The summed E-state index contributed by atoms with van der Waals surface area (Å²) in [5.41, 5.74) is -1.58. The minimum absolute atomic E-state index is 0.370. The molecular weight excluding hydrogens is 244 g/mol. The normalized spacial score (nSPS) is 11.8. The predicted molar refractivity (Wildman–Crippen MR) is 49.3 cm³/mol. The van der Waals surface area contributed by atoms with Crippen LogP contribution >= 0.6 is 0 Å². The molecule has 0 aliphatic rings. The van der Waals surface area contributed by atoms with Gasteiger partial charge in [-0.3, -0.25) is 20.2 Å². The van der Waals surface area contributed by atoms with Crippen LogP contribution in [0.15, 0.2) is 18.2 Å². The average molecular weight is 247 g/mol.